The monoisotopic (exact) mass is 482 g/mol. The predicted molar refractivity (Wildman–Crippen MR) is 144 cm³/mol. The van der Waals surface area contributed by atoms with E-state index in [1.165, 1.54) is 35.5 Å². The number of anilines is 4. The molecule has 0 radical (unpaired) electrons. The van der Waals surface area contributed by atoms with E-state index in [1.54, 1.807) is 0 Å². The van der Waals surface area contributed by atoms with Crippen LogP contribution in [0, 0.1) is 6.92 Å². The maximum Gasteiger partial charge on any atom is 0.232 e. The van der Waals surface area contributed by atoms with Gasteiger partial charge in [-0.15, -0.1) is 0 Å². The van der Waals surface area contributed by atoms with Gasteiger partial charge in [-0.25, -0.2) is 9.97 Å². The average molecular weight is 483 g/mol. The van der Waals surface area contributed by atoms with Crippen molar-refractivity contribution in [3.63, 3.8) is 0 Å². The molecule has 1 amide bonds. The maximum atomic E-state index is 11.5. The standard InChI is InChI=1S/C27H26N6OS/c1-17-24(30-18(2)34)7-4-8-25(17)31-26-28-16-29-27(32-26)33-12-11-21-13-20(9-10-22(21)15-33)19-5-3-6-23(35)14-19/h3-5,7-10,13-14,16H,6,11-12,15H2,1-2H3,(H,30,34)(H,28,29,31,32). The lowest BCUT2D eigenvalue weighted by atomic mass is 9.92. The molecule has 2 aliphatic rings. The lowest BCUT2D eigenvalue weighted by Gasteiger charge is -2.29. The van der Waals surface area contributed by atoms with E-state index in [4.69, 9.17) is 12.2 Å². The molecule has 0 bridgehead atoms. The topological polar surface area (TPSA) is 83.0 Å². The molecule has 0 unspecified atom stereocenters. The summed E-state index contributed by atoms with van der Waals surface area (Å²) in [5, 5.41) is 6.11. The Balaban J connectivity index is 1.33. The molecule has 0 saturated carbocycles. The summed E-state index contributed by atoms with van der Waals surface area (Å²) in [4.78, 5) is 28.0. The summed E-state index contributed by atoms with van der Waals surface area (Å²) < 4.78 is 0. The van der Waals surface area contributed by atoms with Gasteiger partial charge in [0.2, 0.25) is 17.8 Å². The Morgan fingerprint density at radius 3 is 2.80 bits per heavy atom. The van der Waals surface area contributed by atoms with Crippen molar-refractivity contribution < 1.29 is 4.79 Å². The predicted octanol–water partition coefficient (Wildman–Crippen LogP) is 5.16. The number of allylic oxidation sites excluding steroid dienone is 4. The van der Waals surface area contributed by atoms with Crippen LogP contribution in [0.15, 0.2) is 61.0 Å². The van der Waals surface area contributed by atoms with Crippen LogP contribution in [0.2, 0.25) is 0 Å². The van der Waals surface area contributed by atoms with Crippen molar-refractivity contribution in [3.8, 4) is 0 Å². The first-order valence-electron chi connectivity index (χ1n) is 11.6. The van der Waals surface area contributed by atoms with Gasteiger partial charge in [0.25, 0.3) is 0 Å². The second-order valence-electron chi connectivity index (χ2n) is 8.72. The summed E-state index contributed by atoms with van der Waals surface area (Å²) in [6.45, 7) is 5.00. The Morgan fingerprint density at radius 2 is 1.97 bits per heavy atom. The van der Waals surface area contributed by atoms with E-state index in [1.807, 2.05) is 25.1 Å². The molecule has 0 atom stereocenters. The third-order valence-corrected chi connectivity index (χ3v) is 6.50. The third-order valence-electron chi connectivity index (χ3n) is 6.22. The molecule has 1 aliphatic heterocycles. The number of rotatable bonds is 5. The third kappa shape index (κ3) is 5.12. The lowest BCUT2D eigenvalue weighted by Crippen LogP contribution is -2.32. The zero-order chi connectivity index (χ0) is 24.4. The summed E-state index contributed by atoms with van der Waals surface area (Å²) in [7, 11) is 0. The minimum atomic E-state index is -0.111. The quantitative estimate of drug-likeness (QED) is 0.486. The molecule has 176 valence electrons. The van der Waals surface area contributed by atoms with Gasteiger partial charge >= 0.3 is 0 Å². The molecular formula is C27H26N6OS. The van der Waals surface area contributed by atoms with Crippen LogP contribution in [-0.2, 0) is 17.8 Å². The minimum Gasteiger partial charge on any atom is -0.336 e. The van der Waals surface area contributed by atoms with Crippen LogP contribution in [0.25, 0.3) is 5.57 Å². The number of hydrogen-bond donors (Lipinski definition) is 2. The van der Waals surface area contributed by atoms with Crippen LogP contribution in [-0.4, -0.2) is 32.3 Å². The molecule has 1 aliphatic carbocycles. The zero-order valence-corrected chi connectivity index (χ0v) is 20.5. The average Bonchev–Trinajstić information content (AvgIpc) is 2.86. The highest BCUT2D eigenvalue weighted by Gasteiger charge is 2.20. The first kappa shape index (κ1) is 22.9. The van der Waals surface area contributed by atoms with E-state index in [-0.39, 0.29) is 5.91 Å². The second kappa shape index (κ2) is 9.76. The van der Waals surface area contributed by atoms with E-state index in [2.05, 4.69) is 66.9 Å². The van der Waals surface area contributed by atoms with Crippen molar-refractivity contribution in [2.24, 2.45) is 0 Å². The number of nitrogens with zero attached hydrogens (tertiary/aromatic N) is 4. The molecule has 8 heteroatoms. The van der Waals surface area contributed by atoms with Crippen LogP contribution in [0.5, 0.6) is 0 Å². The van der Waals surface area contributed by atoms with Crippen molar-refractivity contribution in [3.05, 3.63) is 83.2 Å². The van der Waals surface area contributed by atoms with Crippen molar-refractivity contribution in [1.82, 2.24) is 15.0 Å². The van der Waals surface area contributed by atoms with Gasteiger partial charge in [-0.1, -0.05) is 48.6 Å². The summed E-state index contributed by atoms with van der Waals surface area (Å²) in [5.74, 6) is 0.989. The highest BCUT2D eigenvalue weighted by Crippen LogP contribution is 2.29. The molecule has 0 spiro atoms. The molecule has 7 nitrogen and oxygen atoms in total. The number of amides is 1. The van der Waals surface area contributed by atoms with Crippen molar-refractivity contribution in [1.29, 1.82) is 0 Å². The Hall–Kier alpha value is -3.91. The van der Waals surface area contributed by atoms with Gasteiger partial charge in [-0.2, -0.15) is 4.98 Å². The zero-order valence-electron chi connectivity index (χ0n) is 19.7. The van der Waals surface area contributed by atoms with E-state index < -0.39 is 0 Å². The molecule has 1 aromatic heterocycles. The Kier molecular flexibility index (Phi) is 6.37. The minimum absolute atomic E-state index is 0.111. The highest BCUT2D eigenvalue weighted by atomic mass is 32.1. The molecule has 35 heavy (non-hydrogen) atoms. The molecule has 2 N–H and O–H groups in total. The first-order valence-corrected chi connectivity index (χ1v) is 12.0. The van der Waals surface area contributed by atoms with Crippen molar-refractivity contribution >= 4 is 51.8 Å². The SMILES string of the molecule is CC(=O)Nc1cccc(Nc2ncnc(N3CCc4cc(C5=CC(=S)CC=C5)ccc4C3)n2)c1C. The number of fused-ring (bicyclic) bond motifs is 1. The summed E-state index contributed by atoms with van der Waals surface area (Å²) >= 11 is 5.38. The van der Waals surface area contributed by atoms with Crippen LogP contribution in [0.1, 0.15) is 35.6 Å². The van der Waals surface area contributed by atoms with Gasteiger partial charge in [0.1, 0.15) is 6.33 Å². The molecule has 0 saturated heterocycles. The van der Waals surface area contributed by atoms with Gasteiger partial charge in [-0.05, 0) is 59.4 Å². The molecule has 3 aromatic rings. The van der Waals surface area contributed by atoms with Crippen LogP contribution >= 0.6 is 12.2 Å². The molecule has 0 fully saturated rings. The summed E-state index contributed by atoms with van der Waals surface area (Å²) in [5.41, 5.74) is 7.51. The van der Waals surface area contributed by atoms with Gasteiger partial charge in [0, 0.05) is 42.7 Å². The Labute approximate surface area is 210 Å². The van der Waals surface area contributed by atoms with Crippen LogP contribution in [0.3, 0.4) is 0 Å². The number of carbonyl (C=O) groups excluding carboxylic acids is 1. The fourth-order valence-corrected chi connectivity index (χ4v) is 4.61. The number of carbonyl (C=O) groups is 1. The number of hydrogen-bond acceptors (Lipinski definition) is 7. The maximum absolute atomic E-state index is 11.5. The number of nitrogens with one attached hydrogen (secondary N) is 2. The van der Waals surface area contributed by atoms with Crippen molar-refractivity contribution in [2.75, 3.05) is 22.1 Å². The summed E-state index contributed by atoms with van der Waals surface area (Å²) in [6.07, 6.45) is 9.67. The smallest absolute Gasteiger partial charge is 0.232 e. The summed E-state index contributed by atoms with van der Waals surface area (Å²) in [6, 6.07) is 12.3. The molecule has 5 rings (SSSR count). The first-order chi connectivity index (χ1) is 17.0. The number of aromatic nitrogens is 3. The van der Waals surface area contributed by atoms with E-state index in [0.29, 0.717) is 11.9 Å². The van der Waals surface area contributed by atoms with Crippen LogP contribution in [0.4, 0.5) is 23.3 Å². The van der Waals surface area contributed by atoms with E-state index >= 15 is 0 Å². The number of benzene rings is 2. The lowest BCUT2D eigenvalue weighted by molar-refractivity contribution is -0.114. The van der Waals surface area contributed by atoms with Gasteiger partial charge < -0.3 is 15.5 Å². The van der Waals surface area contributed by atoms with E-state index in [0.717, 1.165) is 47.7 Å². The Morgan fingerprint density at radius 1 is 1.11 bits per heavy atom. The van der Waals surface area contributed by atoms with Gasteiger partial charge in [0.15, 0.2) is 0 Å². The molecule has 2 aromatic carbocycles. The largest absolute Gasteiger partial charge is 0.336 e. The van der Waals surface area contributed by atoms with E-state index in [9.17, 15) is 4.79 Å². The normalized spacial score (nSPS) is 14.9. The fraction of sp³-hybridized carbons (Fsp3) is 0.222. The van der Waals surface area contributed by atoms with Gasteiger partial charge in [-0.3, -0.25) is 4.79 Å². The second-order valence-corrected chi connectivity index (χ2v) is 9.25. The fourth-order valence-electron chi connectivity index (χ4n) is 4.38. The Bertz CT molecular complexity index is 1380. The molecule has 2 heterocycles. The highest BCUT2D eigenvalue weighted by molar-refractivity contribution is 7.80. The number of thiocarbonyl (C=S) groups is 1. The molecular weight excluding hydrogens is 456 g/mol. The van der Waals surface area contributed by atoms with Crippen LogP contribution < -0.4 is 15.5 Å². The van der Waals surface area contributed by atoms with Gasteiger partial charge in [0.05, 0.1) is 0 Å². The van der Waals surface area contributed by atoms with Crippen molar-refractivity contribution in [2.45, 2.75) is 33.2 Å².